The molecule has 2 N–H and O–H groups in total. The predicted molar refractivity (Wildman–Crippen MR) is 97.2 cm³/mol. The summed E-state index contributed by atoms with van der Waals surface area (Å²) in [6.45, 7) is -1.47. The van der Waals surface area contributed by atoms with Gasteiger partial charge in [-0.1, -0.05) is 0 Å². The number of aliphatic hydroxyl groups is 2. The molecule has 3 rings (SSSR count). The number of ether oxygens (including phenoxy) is 1. The Balaban J connectivity index is 1.90. The Labute approximate surface area is 168 Å². The highest BCUT2D eigenvalue weighted by atomic mass is 79.9. The Bertz CT molecular complexity index is 1030. The summed E-state index contributed by atoms with van der Waals surface area (Å²) in [7, 11) is -2.61. The zero-order valence-corrected chi connectivity index (χ0v) is 17.0. The quantitative estimate of drug-likeness (QED) is 0.640. The Morgan fingerprint density at radius 2 is 2.25 bits per heavy atom. The monoisotopic (exact) mass is 474 g/mol. The van der Waals surface area contributed by atoms with Gasteiger partial charge in [0.1, 0.15) is 29.3 Å². The molecule has 0 amide bonds. The molecular weight excluding hydrogens is 459 g/mol. The lowest BCUT2D eigenvalue weighted by Crippen LogP contribution is -2.48. The third-order valence-corrected chi connectivity index (χ3v) is 7.23. The summed E-state index contributed by atoms with van der Waals surface area (Å²) >= 11 is 3.14. The number of nitriles is 1. The van der Waals surface area contributed by atoms with Crippen LogP contribution in [0, 0.1) is 17.1 Å². The molecule has 0 saturated carbocycles. The Kier molecular flexibility index (Phi) is 5.48. The number of aryl methyl sites for hydroxylation is 1. The van der Waals surface area contributed by atoms with E-state index in [2.05, 4.69) is 21.0 Å². The van der Waals surface area contributed by atoms with Crippen LogP contribution in [-0.4, -0.2) is 64.1 Å². The Morgan fingerprint density at radius 3 is 2.79 bits per heavy atom. The minimum atomic E-state index is -4.06. The van der Waals surface area contributed by atoms with Gasteiger partial charge < -0.3 is 14.9 Å². The second kappa shape index (κ2) is 7.41. The van der Waals surface area contributed by atoms with Gasteiger partial charge in [-0.2, -0.15) is 14.7 Å². The van der Waals surface area contributed by atoms with Gasteiger partial charge in [-0.3, -0.25) is 4.68 Å². The van der Waals surface area contributed by atoms with Gasteiger partial charge in [-0.05, 0) is 28.1 Å². The number of benzene rings is 1. The average Bonchev–Trinajstić information content (AvgIpc) is 3.16. The molecule has 28 heavy (non-hydrogen) atoms. The van der Waals surface area contributed by atoms with E-state index >= 15 is 0 Å². The van der Waals surface area contributed by atoms with Crippen LogP contribution in [0.4, 0.5) is 4.39 Å². The van der Waals surface area contributed by atoms with Crippen LogP contribution in [0.3, 0.4) is 0 Å². The van der Waals surface area contributed by atoms with Gasteiger partial charge in [0, 0.05) is 19.7 Å². The minimum absolute atomic E-state index is 0.00524. The lowest BCUT2D eigenvalue weighted by atomic mass is 10.0. The number of nitrogens with zero attached hydrogens (tertiary/aromatic N) is 4. The van der Waals surface area contributed by atoms with E-state index in [-0.39, 0.29) is 27.4 Å². The van der Waals surface area contributed by atoms with Gasteiger partial charge in [0.05, 0.1) is 29.4 Å². The first-order chi connectivity index (χ1) is 13.1. The van der Waals surface area contributed by atoms with E-state index in [1.165, 1.54) is 30.1 Å². The molecule has 0 radical (unpaired) electrons. The molecular formula is C16H16BrFN4O5S. The number of aromatic nitrogens is 2. The zero-order valence-electron chi connectivity index (χ0n) is 14.6. The lowest BCUT2D eigenvalue weighted by molar-refractivity contribution is -0.0641. The van der Waals surface area contributed by atoms with Crippen molar-refractivity contribution >= 4 is 26.0 Å². The molecule has 1 aromatic carbocycles. The topological polar surface area (TPSA) is 129 Å². The maximum atomic E-state index is 13.8. The summed E-state index contributed by atoms with van der Waals surface area (Å²) < 4.78 is 47.7. The molecule has 12 heteroatoms. The Hall–Kier alpha value is -2.04. The number of halogens is 2. The zero-order chi connectivity index (χ0) is 20.7. The highest BCUT2D eigenvalue weighted by Gasteiger charge is 2.51. The van der Waals surface area contributed by atoms with Gasteiger partial charge >= 0.3 is 0 Å². The number of aliphatic hydroxyl groups excluding tert-OH is 1. The number of sulfonamides is 1. The predicted octanol–water partition coefficient (Wildman–Crippen LogP) is 0.369. The molecule has 1 saturated heterocycles. The number of hydrogen-bond donors (Lipinski definition) is 2. The van der Waals surface area contributed by atoms with Gasteiger partial charge in [0.2, 0.25) is 0 Å². The van der Waals surface area contributed by atoms with E-state index in [0.29, 0.717) is 0 Å². The molecule has 1 fully saturated rings. The summed E-state index contributed by atoms with van der Waals surface area (Å²) in [5.41, 5.74) is -2.08. The van der Waals surface area contributed by atoms with Gasteiger partial charge in [-0.25, -0.2) is 12.8 Å². The van der Waals surface area contributed by atoms with Crippen molar-refractivity contribution in [1.29, 1.82) is 5.26 Å². The number of β-amino-alcohol motifs (C(OH)–C–C–N with tert-alkyl or cyclic N) is 1. The van der Waals surface area contributed by atoms with Crippen LogP contribution >= 0.6 is 15.9 Å². The van der Waals surface area contributed by atoms with Crippen LogP contribution in [0.15, 0.2) is 33.9 Å². The lowest BCUT2D eigenvalue weighted by Gasteiger charge is -2.27. The highest BCUT2D eigenvalue weighted by molar-refractivity contribution is 9.10. The molecule has 9 nitrogen and oxygen atoms in total. The summed E-state index contributed by atoms with van der Waals surface area (Å²) in [5, 5.41) is 32.9. The molecule has 0 spiro atoms. The van der Waals surface area contributed by atoms with Crippen molar-refractivity contribution in [2.75, 3.05) is 19.7 Å². The highest BCUT2D eigenvalue weighted by Crippen LogP contribution is 2.33. The Morgan fingerprint density at radius 1 is 1.54 bits per heavy atom. The van der Waals surface area contributed by atoms with Crippen molar-refractivity contribution in [3.8, 4) is 11.8 Å². The molecule has 1 aliphatic rings. The summed E-state index contributed by atoms with van der Waals surface area (Å²) in [6.07, 6.45) is 0.168. The number of hydrogen-bond acceptors (Lipinski definition) is 7. The van der Waals surface area contributed by atoms with Crippen molar-refractivity contribution in [2.45, 2.75) is 16.7 Å². The summed E-state index contributed by atoms with van der Waals surface area (Å²) in [4.78, 5) is 0. The van der Waals surface area contributed by atoms with Crippen LogP contribution in [0.1, 0.15) is 5.56 Å². The van der Waals surface area contributed by atoms with Crippen LogP contribution in [0.2, 0.25) is 0 Å². The molecule has 1 aromatic heterocycles. The van der Waals surface area contributed by atoms with E-state index in [1.807, 2.05) is 0 Å². The van der Waals surface area contributed by atoms with Crippen molar-refractivity contribution < 1.29 is 27.8 Å². The molecule has 1 aliphatic heterocycles. The summed E-state index contributed by atoms with van der Waals surface area (Å²) in [5.74, 6) is -0.817. The van der Waals surface area contributed by atoms with Gasteiger partial charge in [0.25, 0.3) is 10.0 Å². The largest absolute Gasteiger partial charge is 0.486 e. The van der Waals surface area contributed by atoms with Crippen molar-refractivity contribution in [2.24, 2.45) is 7.05 Å². The smallest absolute Gasteiger partial charge is 0.261 e. The second-order valence-electron chi connectivity index (χ2n) is 6.34. The van der Waals surface area contributed by atoms with E-state index in [9.17, 15) is 23.0 Å². The first-order valence-electron chi connectivity index (χ1n) is 7.99. The number of rotatable bonds is 5. The van der Waals surface area contributed by atoms with Gasteiger partial charge in [0.15, 0.2) is 5.03 Å². The van der Waals surface area contributed by atoms with Crippen molar-refractivity contribution in [3.63, 3.8) is 0 Å². The molecule has 0 bridgehead atoms. The van der Waals surface area contributed by atoms with Crippen molar-refractivity contribution in [3.05, 3.63) is 40.2 Å². The maximum absolute atomic E-state index is 13.8. The third kappa shape index (κ3) is 3.51. The van der Waals surface area contributed by atoms with Crippen LogP contribution in [0.25, 0.3) is 0 Å². The fourth-order valence-corrected chi connectivity index (χ4v) is 5.56. The summed E-state index contributed by atoms with van der Waals surface area (Å²) in [6, 6.07) is 5.17. The van der Waals surface area contributed by atoms with Crippen molar-refractivity contribution in [1.82, 2.24) is 14.1 Å². The molecule has 2 heterocycles. The molecule has 2 atom stereocenters. The van der Waals surface area contributed by atoms with Crippen LogP contribution < -0.4 is 4.74 Å². The first kappa shape index (κ1) is 20.7. The first-order valence-corrected chi connectivity index (χ1v) is 10.2. The van der Waals surface area contributed by atoms with Gasteiger partial charge in [-0.15, -0.1) is 0 Å². The van der Waals surface area contributed by atoms with E-state index in [4.69, 9.17) is 10.00 Å². The third-order valence-electron chi connectivity index (χ3n) is 4.46. The second-order valence-corrected chi connectivity index (χ2v) is 9.05. The average molecular weight is 475 g/mol. The van der Waals surface area contributed by atoms with E-state index in [1.54, 1.807) is 6.07 Å². The minimum Gasteiger partial charge on any atom is -0.486 e. The van der Waals surface area contributed by atoms with Crippen LogP contribution in [-0.2, 0) is 17.1 Å². The van der Waals surface area contributed by atoms with E-state index in [0.717, 1.165) is 10.4 Å². The molecule has 2 aromatic rings. The molecule has 150 valence electrons. The fourth-order valence-electron chi connectivity index (χ4n) is 2.94. The molecule has 1 unspecified atom stereocenters. The SMILES string of the molecule is Cn1ncc(Br)c1S(=O)(=O)N1CC(Oc2ccc(C#N)c(F)c2)[C@](O)(CO)C1. The normalized spacial score (nSPS) is 22.9. The fraction of sp³-hybridized carbons (Fsp3) is 0.375. The maximum Gasteiger partial charge on any atom is 0.261 e. The van der Waals surface area contributed by atoms with Crippen LogP contribution in [0.5, 0.6) is 5.75 Å². The standard InChI is InChI=1S/C16H16BrFN4O5S/c1-21-15(12(17)6-20-21)28(25,26)22-7-14(16(24,8-22)9-23)27-11-3-2-10(5-19)13(18)4-11/h2-4,6,14,23-24H,7-9H2,1H3/t14?,16-/m1/s1. The van der Waals surface area contributed by atoms with E-state index < -0.39 is 40.7 Å². The molecule has 0 aliphatic carbocycles.